The number of hydrogen-bond acceptors (Lipinski definition) is 3. The van der Waals surface area contributed by atoms with Crippen molar-refractivity contribution in [3.8, 4) is 0 Å². The van der Waals surface area contributed by atoms with Crippen molar-refractivity contribution < 1.29 is 4.12 Å². The van der Waals surface area contributed by atoms with Gasteiger partial charge < -0.3 is 9.10 Å². The molecule has 0 aliphatic carbocycles. The predicted octanol–water partition coefficient (Wildman–Crippen LogP) is 0.128. The van der Waals surface area contributed by atoms with Gasteiger partial charge in [-0.05, 0) is 12.1 Å². The number of imidazole rings is 1. The first-order valence-corrected chi connectivity index (χ1v) is 3.93. The molecule has 0 spiro atoms. The van der Waals surface area contributed by atoms with Crippen LogP contribution in [0.15, 0.2) is 24.7 Å². The summed E-state index contributed by atoms with van der Waals surface area (Å²) in [5.74, 6) is 0. The van der Waals surface area contributed by atoms with Gasteiger partial charge in [-0.1, -0.05) is 0 Å². The van der Waals surface area contributed by atoms with E-state index < -0.39 is 0 Å². The minimum absolute atomic E-state index is 0.775. The first-order chi connectivity index (χ1) is 5.88. The molecule has 0 saturated heterocycles. The molecule has 6 heteroatoms. The van der Waals surface area contributed by atoms with E-state index in [-0.39, 0.29) is 0 Å². The van der Waals surface area contributed by atoms with E-state index in [0.717, 1.165) is 11.2 Å². The molecule has 2 aromatic heterocycles. The molecule has 0 aliphatic rings. The summed E-state index contributed by atoms with van der Waals surface area (Å²) < 4.78 is 3.86. The monoisotopic (exact) mass is 191 g/mol. The maximum Gasteiger partial charge on any atom is 0.229 e. The summed E-state index contributed by atoms with van der Waals surface area (Å²) in [6.07, 6.45) is 3.36. The lowest BCUT2D eigenvalue weighted by Gasteiger charge is -1.80. The molecule has 0 unspecified atom stereocenters. The molecule has 0 fully saturated rings. The molecule has 1 N–H and O–H groups in total. The van der Waals surface area contributed by atoms with E-state index in [2.05, 4.69) is 40.0 Å². The quantitative estimate of drug-likeness (QED) is 0.602. The summed E-state index contributed by atoms with van der Waals surface area (Å²) in [6.45, 7) is 0. The Hall–Kier alpha value is -0.986. The van der Waals surface area contributed by atoms with E-state index in [0.29, 0.717) is 0 Å². The molecule has 0 aromatic carbocycles. The molecule has 6 radical (unpaired) electrons. The van der Waals surface area contributed by atoms with Crippen LogP contribution < -0.4 is 0 Å². The van der Waals surface area contributed by atoms with Crippen molar-refractivity contribution >= 4 is 32.1 Å². The van der Waals surface area contributed by atoms with Gasteiger partial charge in [-0.25, -0.2) is 9.97 Å². The highest BCUT2D eigenvalue weighted by Crippen LogP contribution is 2.01. The van der Waals surface area contributed by atoms with E-state index in [1.54, 1.807) is 12.5 Å². The molecule has 0 amide bonds. The number of hydrogen-bond donors (Lipinski definition) is 1. The highest BCUT2D eigenvalue weighted by atomic mass is 28.3. The summed E-state index contributed by atoms with van der Waals surface area (Å²) >= 11 is 0. The second-order valence-electron chi connectivity index (χ2n) is 1.88. The summed E-state index contributed by atoms with van der Waals surface area (Å²) in [4.78, 5) is 10.9. The first-order valence-electron chi connectivity index (χ1n) is 3.12. The van der Waals surface area contributed by atoms with Gasteiger partial charge >= 0.3 is 0 Å². The standard InChI is InChI=1S/C6H5N3.OSi2/c1-2-5-6(7-3-1)9-4-8-5;2-1-3/h1-4H,(H,7,8,9);. The third-order valence-corrected chi connectivity index (χ3v) is 1.19. The van der Waals surface area contributed by atoms with Gasteiger partial charge in [0.05, 0.1) is 11.8 Å². The average Bonchev–Trinajstić information content (AvgIpc) is 2.52. The van der Waals surface area contributed by atoms with Crippen molar-refractivity contribution in [2.75, 3.05) is 0 Å². The van der Waals surface area contributed by atoms with Crippen LogP contribution in [0.4, 0.5) is 0 Å². The van der Waals surface area contributed by atoms with Gasteiger partial charge in [0.15, 0.2) is 5.65 Å². The van der Waals surface area contributed by atoms with E-state index in [4.69, 9.17) is 0 Å². The second-order valence-corrected chi connectivity index (χ2v) is 2.70. The molecule has 2 heterocycles. The first kappa shape index (κ1) is 9.10. The molecular weight excluding hydrogens is 186 g/mol. The minimum atomic E-state index is 0.775. The number of fused-ring (bicyclic) bond motifs is 1. The third kappa shape index (κ3) is 2.26. The maximum atomic E-state index is 4.00. The minimum Gasteiger partial charge on any atom is -0.458 e. The fourth-order valence-electron chi connectivity index (χ4n) is 0.775. The van der Waals surface area contributed by atoms with Crippen molar-refractivity contribution in [3.05, 3.63) is 24.7 Å². The van der Waals surface area contributed by atoms with Crippen LogP contribution in [0.25, 0.3) is 11.2 Å². The number of aromatic amines is 1. The van der Waals surface area contributed by atoms with Crippen LogP contribution in [0, 0.1) is 0 Å². The van der Waals surface area contributed by atoms with Gasteiger partial charge in [-0.2, -0.15) is 0 Å². The molecule has 0 bridgehead atoms. The predicted molar refractivity (Wildman–Crippen MR) is 46.5 cm³/mol. The van der Waals surface area contributed by atoms with Gasteiger partial charge in [0.2, 0.25) is 21.0 Å². The Morgan fingerprint density at radius 3 is 2.75 bits per heavy atom. The van der Waals surface area contributed by atoms with Crippen molar-refractivity contribution in [2.45, 2.75) is 0 Å². The Kier molecular flexibility index (Phi) is 3.64. The summed E-state index contributed by atoms with van der Waals surface area (Å²) in [6, 6.07) is 3.82. The maximum absolute atomic E-state index is 4.00. The lowest BCUT2D eigenvalue weighted by molar-refractivity contribution is 0.690. The normalized spacial score (nSPS) is 9.17. The Labute approximate surface area is 76.5 Å². The molecule has 4 nitrogen and oxygen atoms in total. The smallest absolute Gasteiger partial charge is 0.229 e. The van der Waals surface area contributed by atoms with Crippen LogP contribution in [0.3, 0.4) is 0 Å². The lowest BCUT2D eigenvalue weighted by atomic mass is 10.4. The summed E-state index contributed by atoms with van der Waals surface area (Å²) in [5.41, 5.74) is 1.76. The zero-order valence-corrected chi connectivity index (χ0v) is 8.11. The van der Waals surface area contributed by atoms with Gasteiger partial charge in [0.1, 0.15) is 0 Å². The highest BCUT2D eigenvalue weighted by Gasteiger charge is 1.90. The van der Waals surface area contributed by atoms with Crippen LogP contribution >= 0.6 is 0 Å². The molecule has 12 heavy (non-hydrogen) atoms. The zero-order valence-electron chi connectivity index (χ0n) is 6.11. The Morgan fingerprint density at radius 2 is 2.08 bits per heavy atom. The highest BCUT2D eigenvalue weighted by molar-refractivity contribution is 6.15. The Morgan fingerprint density at radius 1 is 1.33 bits per heavy atom. The number of rotatable bonds is 0. The van der Waals surface area contributed by atoms with Crippen LogP contribution in [0.2, 0.25) is 0 Å². The second kappa shape index (κ2) is 4.80. The van der Waals surface area contributed by atoms with E-state index >= 15 is 0 Å². The fourth-order valence-corrected chi connectivity index (χ4v) is 0.775. The van der Waals surface area contributed by atoms with E-state index in [1.807, 2.05) is 12.1 Å². The van der Waals surface area contributed by atoms with Gasteiger partial charge in [-0.3, -0.25) is 0 Å². The van der Waals surface area contributed by atoms with Crippen molar-refractivity contribution in [1.29, 1.82) is 0 Å². The fraction of sp³-hybridized carbons (Fsp3) is 0. The molecule has 0 atom stereocenters. The average molecular weight is 191 g/mol. The van der Waals surface area contributed by atoms with Crippen molar-refractivity contribution in [2.24, 2.45) is 0 Å². The molecule has 58 valence electrons. The topological polar surface area (TPSA) is 50.8 Å². The van der Waals surface area contributed by atoms with Crippen LogP contribution in [-0.4, -0.2) is 35.9 Å². The Balaban J connectivity index is 0.000000213. The third-order valence-electron chi connectivity index (χ3n) is 1.19. The molecular formula is C6H5N3OSi2. The summed E-state index contributed by atoms with van der Waals surface area (Å²) in [5, 5.41) is 0. The van der Waals surface area contributed by atoms with E-state index in [9.17, 15) is 0 Å². The van der Waals surface area contributed by atoms with E-state index in [1.165, 1.54) is 0 Å². The lowest BCUT2D eigenvalue weighted by Crippen LogP contribution is -1.71. The molecule has 0 saturated carbocycles. The largest absolute Gasteiger partial charge is 0.458 e. The molecule has 2 rings (SSSR count). The van der Waals surface area contributed by atoms with Crippen molar-refractivity contribution in [3.63, 3.8) is 0 Å². The van der Waals surface area contributed by atoms with Gasteiger partial charge in [0, 0.05) is 6.20 Å². The number of pyridine rings is 1. The number of H-pyrrole nitrogens is 1. The van der Waals surface area contributed by atoms with Gasteiger partial charge in [0.25, 0.3) is 0 Å². The Bertz CT molecular complexity index is 308. The van der Waals surface area contributed by atoms with Crippen LogP contribution in [0.1, 0.15) is 0 Å². The van der Waals surface area contributed by atoms with Crippen molar-refractivity contribution in [1.82, 2.24) is 15.0 Å². The van der Waals surface area contributed by atoms with Gasteiger partial charge in [-0.15, -0.1) is 0 Å². The number of aromatic nitrogens is 3. The van der Waals surface area contributed by atoms with Crippen LogP contribution in [0.5, 0.6) is 0 Å². The SMILES string of the molecule is [Si]O[Si].c1cnc2nc[nH]c2c1. The molecule has 0 aliphatic heterocycles. The number of nitrogens with one attached hydrogen (secondary N) is 1. The summed E-state index contributed by atoms with van der Waals surface area (Å²) in [7, 11) is 5.19. The van der Waals surface area contributed by atoms with Crippen LogP contribution in [-0.2, 0) is 4.12 Å². The molecule has 2 aromatic rings. The number of nitrogens with zero attached hydrogens (tertiary/aromatic N) is 2. The zero-order chi connectivity index (χ0) is 8.81.